The van der Waals surface area contributed by atoms with Crippen LogP contribution in [-0.4, -0.2) is 16.6 Å². The molecule has 0 fully saturated rings. The van der Waals surface area contributed by atoms with Crippen LogP contribution in [0.25, 0.3) is 0 Å². The summed E-state index contributed by atoms with van der Waals surface area (Å²) in [4.78, 5) is 10.1. The summed E-state index contributed by atoms with van der Waals surface area (Å²) in [5.41, 5.74) is 1.60. The molecule has 0 saturated carbocycles. The minimum absolute atomic E-state index is 0.0199. The molecule has 0 aliphatic carbocycles. The van der Waals surface area contributed by atoms with Crippen molar-refractivity contribution in [3.05, 3.63) is 67.8 Å². The van der Waals surface area contributed by atoms with E-state index in [1.807, 2.05) is 24.3 Å². The van der Waals surface area contributed by atoms with Gasteiger partial charge in [0.25, 0.3) is 5.69 Å². The molecular weight excluding hydrogens is 371 g/mol. The van der Waals surface area contributed by atoms with Gasteiger partial charge in [-0.25, -0.2) is 0 Å². The van der Waals surface area contributed by atoms with Gasteiger partial charge in [-0.15, -0.1) is 0 Å². The highest BCUT2D eigenvalue weighted by Crippen LogP contribution is 2.19. The third-order valence-corrected chi connectivity index (χ3v) is 3.48. The standard InChI is InChI=1S/C14H13IN2O3/c15-11-2-1-3-12(8-11)16-9-14(18)10-4-6-13(7-5-10)17(19)20/h1-8,14,16,18H,9H2. The fraction of sp³-hybridized carbons (Fsp3) is 0.143. The van der Waals surface area contributed by atoms with Gasteiger partial charge >= 0.3 is 0 Å². The Hall–Kier alpha value is -1.67. The highest BCUT2D eigenvalue weighted by molar-refractivity contribution is 14.1. The molecule has 5 nitrogen and oxygen atoms in total. The van der Waals surface area contributed by atoms with E-state index in [4.69, 9.17) is 0 Å². The van der Waals surface area contributed by atoms with Gasteiger partial charge in [-0.3, -0.25) is 10.1 Å². The van der Waals surface area contributed by atoms with E-state index in [1.165, 1.54) is 12.1 Å². The van der Waals surface area contributed by atoms with Gasteiger partial charge in [0.15, 0.2) is 0 Å². The number of nitro benzene ring substituents is 1. The first kappa shape index (κ1) is 14.7. The summed E-state index contributed by atoms with van der Waals surface area (Å²) in [6.45, 7) is 0.345. The Kier molecular flexibility index (Phi) is 4.91. The van der Waals surface area contributed by atoms with Crippen molar-refractivity contribution in [2.24, 2.45) is 0 Å². The minimum atomic E-state index is -0.714. The van der Waals surface area contributed by atoms with Crippen molar-refractivity contribution in [1.29, 1.82) is 0 Å². The summed E-state index contributed by atoms with van der Waals surface area (Å²) in [6.07, 6.45) is -0.714. The van der Waals surface area contributed by atoms with Gasteiger partial charge < -0.3 is 10.4 Å². The van der Waals surface area contributed by atoms with Crippen LogP contribution in [0.15, 0.2) is 48.5 Å². The van der Waals surface area contributed by atoms with Crippen LogP contribution in [0.5, 0.6) is 0 Å². The van der Waals surface area contributed by atoms with Crippen LogP contribution in [0.4, 0.5) is 11.4 Å². The second-order valence-corrected chi connectivity index (χ2v) is 5.50. The lowest BCUT2D eigenvalue weighted by molar-refractivity contribution is -0.384. The Bertz CT molecular complexity index is 602. The lowest BCUT2D eigenvalue weighted by Crippen LogP contribution is -2.12. The molecule has 0 heterocycles. The maximum absolute atomic E-state index is 10.6. The van der Waals surface area contributed by atoms with E-state index in [1.54, 1.807) is 12.1 Å². The Morgan fingerprint density at radius 3 is 2.55 bits per heavy atom. The van der Waals surface area contributed by atoms with E-state index in [2.05, 4.69) is 27.9 Å². The molecule has 1 unspecified atom stereocenters. The number of benzene rings is 2. The number of rotatable bonds is 5. The molecule has 2 N–H and O–H groups in total. The quantitative estimate of drug-likeness (QED) is 0.471. The lowest BCUT2D eigenvalue weighted by Gasteiger charge is -2.13. The molecule has 0 bridgehead atoms. The number of aliphatic hydroxyl groups excluding tert-OH is 1. The van der Waals surface area contributed by atoms with Crippen LogP contribution in [0.1, 0.15) is 11.7 Å². The second-order valence-electron chi connectivity index (χ2n) is 4.26. The van der Waals surface area contributed by atoms with E-state index >= 15 is 0 Å². The Balaban J connectivity index is 1.97. The number of nitrogens with one attached hydrogen (secondary N) is 1. The molecular formula is C14H13IN2O3. The van der Waals surface area contributed by atoms with E-state index in [0.29, 0.717) is 12.1 Å². The monoisotopic (exact) mass is 384 g/mol. The van der Waals surface area contributed by atoms with Gasteiger partial charge in [0, 0.05) is 27.9 Å². The third kappa shape index (κ3) is 3.91. The van der Waals surface area contributed by atoms with Crippen LogP contribution in [0.2, 0.25) is 0 Å². The van der Waals surface area contributed by atoms with Crippen LogP contribution < -0.4 is 5.32 Å². The average Bonchev–Trinajstić information content (AvgIpc) is 2.45. The van der Waals surface area contributed by atoms with Crippen molar-refractivity contribution in [2.75, 3.05) is 11.9 Å². The van der Waals surface area contributed by atoms with Crippen molar-refractivity contribution >= 4 is 34.0 Å². The zero-order valence-corrected chi connectivity index (χ0v) is 12.6. The summed E-state index contributed by atoms with van der Waals surface area (Å²) in [6, 6.07) is 13.7. The number of hydrogen-bond acceptors (Lipinski definition) is 4. The summed E-state index contributed by atoms with van der Waals surface area (Å²) >= 11 is 2.22. The molecule has 0 spiro atoms. The summed E-state index contributed by atoms with van der Waals surface area (Å²) in [7, 11) is 0. The molecule has 104 valence electrons. The molecule has 1 atom stereocenters. The fourth-order valence-electron chi connectivity index (χ4n) is 1.75. The van der Waals surface area contributed by atoms with Gasteiger partial charge in [-0.05, 0) is 58.5 Å². The average molecular weight is 384 g/mol. The first-order chi connectivity index (χ1) is 9.56. The van der Waals surface area contributed by atoms with E-state index in [9.17, 15) is 15.2 Å². The number of aliphatic hydroxyl groups is 1. The molecule has 2 aromatic rings. The van der Waals surface area contributed by atoms with Crippen molar-refractivity contribution in [3.8, 4) is 0 Å². The second kappa shape index (κ2) is 6.67. The van der Waals surface area contributed by atoms with Gasteiger partial charge in [0.1, 0.15) is 0 Å². The van der Waals surface area contributed by atoms with Crippen molar-refractivity contribution < 1.29 is 10.0 Å². The van der Waals surface area contributed by atoms with Gasteiger partial charge in [-0.2, -0.15) is 0 Å². The summed E-state index contributed by atoms with van der Waals surface area (Å²) in [5.74, 6) is 0. The number of non-ortho nitro benzene ring substituents is 1. The van der Waals surface area contributed by atoms with Crippen molar-refractivity contribution in [3.63, 3.8) is 0 Å². The number of nitrogens with zero attached hydrogens (tertiary/aromatic N) is 1. The SMILES string of the molecule is O=[N+]([O-])c1ccc(C(O)CNc2cccc(I)c2)cc1. The first-order valence-corrected chi connectivity index (χ1v) is 7.06. The number of halogens is 1. The number of hydrogen-bond donors (Lipinski definition) is 2. The normalized spacial score (nSPS) is 11.9. The van der Waals surface area contributed by atoms with Crippen molar-refractivity contribution in [2.45, 2.75) is 6.10 Å². The Labute approximate surface area is 129 Å². The maximum Gasteiger partial charge on any atom is 0.269 e. The molecule has 0 aliphatic rings. The highest BCUT2D eigenvalue weighted by Gasteiger charge is 2.10. The van der Waals surface area contributed by atoms with E-state index in [-0.39, 0.29) is 5.69 Å². The Morgan fingerprint density at radius 1 is 1.25 bits per heavy atom. The Morgan fingerprint density at radius 2 is 1.95 bits per heavy atom. The predicted molar refractivity (Wildman–Crippen MR) is 85.7 cm³/mol. The van der Waals surface area contributed by atoms with E-state index in [0.717, 1.165) is 9.26 Å². The van der Waals surface area contributed by atoms with Crippen LogP contribution in [0, 0.1) is 13.7 Å². The van der Waals surface area contributed by atoms with Gasteiger partial charge in [0.05, 0.1) is 11.0 Å². The summed E-state index contributed by atoms with van der Waals surface area (Å²) < 4.78 is 1.11. The van der Waals surface area contributed by atoms with E-state index < -0.39 is 11.0 Å². The molecule has 6 heteroatoms. The zero-order chi connectivity index (χ0) is 14.5. The lowest BCUT2D eigenvalue weighted by atomic mass is 10.1. The van der Waals surface area contributed by atoms with Gasteiger partial charge in [0.2, 0.25) is 0 Å². The maximum atomic E-state index is 10.6. The smallest absolute Gasteiger partial charge is 0.269 e. The predicted octanol–water partition coefficient (Wildman–Crippen LogP) is 3.34. The topological polar surface area (TPSA) is 75.4 Å². The van der Waals surface area contributed by atoms with Crippen molar-refractivity contribution in [1.82, 2.24) is 0 Å². The summed E-state index contributed by atoms with van der Waals surface area (Å²) in [5, 5.41) is 23.7. The molecule has 2 aromatic carbocycles. The fourth-order valence-corrected chi connectivity index (χ4v) is 2.29. The van der Waals surface area contributed by atoms with Crippen LogP contribution in [-0.2, 0) is 0 Å². The molecule has 0 saturated heterocycles. The van der Waals surface area contributed by atoms with Crippen LogP contribution in [0.3, 0.4) is 0 Å². The molecule has 0 radical (unpaired) electrons. The largest absolute Gasteiger partial charge is 0.387 e. The number of anilines is 1. The minimum Gasteiger partial charge on any atom is -0.387 e. The molecule has 0 amide bonds. The first-order valence-electron chi connectivity index (χ1n) is 5.98. The third-order valence-electron chi connectivity index (χ3n) is 2.81. The number of nitro groups is 1. The van der Waals surface area contributed by atoms with Crippen LogP contribution >= 0.6 is 22.6 Å². The molecule has 20 heavy (non-hydrogen) atoms. The molecule has 2 rings (SSSR count). The highest BCUT2D eigenvalue weighted by atomic mass is 127. The van der Waals surface area contributed by atoms with Gasteiger partial charge in [-0.1, -0.05) is 6.07 Å². The molecule has 0 aliphatic heterocycles. The zero-order valence-electron chi connectivity index (χ0n) is 10.5. The molecule has 0 aromatic heterocycles.